The summed E-state index contributed by atoms with van der Waals surface area (Å²) in [5.41, 5.74) is -0.458. The molecule has 8 heteroatoms. The van der Waals surface area contributed by atoms with Gasteiger partial charge in [0.15, 0.2) is 9.84 Å². The molecule has 1 aromatic carbocycles. The van der Waals surface area contributed by atoms with Gasteiger partial charge in [0.2, 0.25) is 5.91 Å². The van der Waals surface area contributed by atoms with E-state index >= 15 is 0 Å². The van der Waals surface area contributed by atoms with Crippen LogP contribution in [0.25, 0.3) is 0 Å². The Kier molecular flexibility index (Phi) is 7.01. The molecule has 30 heavy (non-hydrogen) atoms. The number of benzene rings is 1. The highest BCUT2D eigenvalue weighted by Crippen LogP contribution is 2.40. The summed E-state index contributed by atoms with van der Waals surface area (Å²) in [6.07, 6.45) is 3.37. The van der Waals surface area contributed by atoms with Gasteiger partial charge < -0.3 is 14.8 Å². The maximum Gasteiger partial charge on any atom is 0.226 e. The summed E-state index contributed by atoms with van der Waals surface area (Å²) in [6.45, 7) is 2.06. The lowest BCUT2D eigenvalue weighted by atomic mass is 10.0. The third-order valence-corrected chi connectivity index (χ3v) is 8.46. The maximum absolute atomic E-state index is 13.2. The number of rotatable bonds is 7. The zero-order valence-corrected chi connectivity index (χ0v) is 19.1. The largest absolute Gasteiger partial charge is 0.497 e. The monoisotopic (exact) mass is 453 g/mol. The SMILES string of the molecule is CCCC#CC1(NC(=O)C2CC(S(=O)(=O)c3ccc(OC)cc3Cl)CC2OC)CC1. The van der Waals surface area contributed by atoms with E-state index in [1.54, 1.807) is 6.07 Å². The van der Waals surface area contributed by atoms with Gasteiger partial charge in [0.05, 0.1) is 34.3 Å². The number of sulfone groups is 1. The van der Waals surface area contributed by atoms with Crippen molar-refractivity contribution in [3.63, 3.8) is 0 Å². The summed E-state index contributed by atoms with van der Waals surface area (Å²) in [5, 5.41) is 2.41. The van der Waals surface area contributed by atoms with Crippen LogP contribution in [-0.4, -0.2) is 45.4 Å². The second-order valence-corrected chi connectivity index (χ2v) is 10.5. The summed E-state index contributed by atoms with van der Waals surface area (Å²) in [5.74, 6) is 6.03. The topological polar surface area (TPSA) is 81.7 Å². The van der Waals surface area contributed by atoms with E-state index in [4.69, 9.17) is 21.1 Å². The van der Waals surface area contributed by atoms with Gasteiger partial charge in [0.1, 0.15) is 11.3 Å². The Bertz CT molecular complexity index is 961. The number of halogens is 1. The molecule has 0 bridgehead atoms. The van der Waals surface area contributed by atoms with Crippen LogP contribution in [0.3, 0.4) is 0 Å². The molecule has 0 spiro atoms. The fourth-order valence-electron chi connectivity index (χ4n) is 3.85. The van der Waals surface area contributed by atoms with E-state index in [-0.39, 0.29) is 28.7 Å². The molecule has 0 heterocycles. The fraction of sp³-hybridized carbons (Fsp3) is 0.591. The van der Waals surface area contributed by atoms with Crippen molar-refractivity contribution in [2.75, 3.05) is 14.2 Å². The number of hydrogen-bond acceptors (Lipinski definition) is 5. The normalized spacial score (nSPS) is 24.6. The molecular weight excluding hydrogens is 426 g/mol. The molecule has 3 unspecified atom stereocenters. The average molecular weight is 454 g/mol. The van der Waals surface area contributed by atoms with Crippen LogP contribution < -0.4 is 10.1 Å². The molecule has 3 atom stereocenters. The van der Waals surface area contributed by atoms with Crippen LogP contribution in [0.15, 0.2) is 23.1 Å². The lowest BCUT2D eigenvalue weighted by molar-refractivity contribution is -0.128. The zero-order chi connectivity index (χ0) is 21.9. The first-order chi connectivity index (χ1) is 14.3. The highest BCUT2D eigenvalue weighted by molar-refractivity contribution is 7.92. The van der Waals surface area contributed by atoms with E-state index in [1.165, 1.54) is 26.4 Å². The molecule has 1 amide bonds. The average Bonchev–Trinajstić information content (AvgIpc) is 3.32. The fourth-order valence-corrected chi connectivity index (χ4v) is 6.20. The molecule has 2 saturated carbocycles. The van der Waals surface area contributed by atoms with Gasteiger partial charge in [0, 0.05) is 19.6 Å². The Morgan fingerprint density at radius 3 is 2.60 bits per heavy atom. The lowest BCUT2D eigenvalue weighted by Gasteiger charge is -2.20. The minimum atomic E-state index is -3.72. The first kappa shape index (κ1) is 22.9. The smallest absolute Gasteiger partial charge is 0.226 e. The van der Waals surface area contributed by atoms with Crippen LogP contribution in [0.2, 0.25) is 5.02 Å². The number of ether oxygens (including phenoxy) is 2. The van der Waals surface area contributed by atoms with Gasteiger partial charge in [-0.05, 0) is 44.2 Å². The summed E-state index contributed by atoms with van der Waals surface area (Å²) < 4.78 is 37.0. The lowest BCUT2D eigenvalue weighted by Crippen LogP contribution is -2.42. The molecule has 1 N–H and O–H groups in total. The first-order valence-corrected chi connectivity index (χ1v) is 12.1. The second-order valence-electron chi connectivity index (χ2n) is 7.94. The molecule has 1 aromatic rings. The Hall–Kier alpha value is -1.75. The van der Waals surface area contributed by atoms with Crippen LogP contribution >= 0.6 is 11.6 Å². The first-order valence-electron chi connectivity index (χ1n) is 10.2. The van der Waals surface area contributed by atoms with Crippen LogP contribution in [0, 0.1) is 17.8 Å². The van der Waals surface area contributed by atoms with Crippen molar-refractivity contribution in [2.45, 2.75) is 67.2 Å². The molecule has 0 aromatic heterocycles. The van der Waals surface area contributed by atoms with Gasteiger partial charge in [-0.3, -0.25) is 4.79 Å². The van der Waals surface area contributed by atoms with Crippen LogP contribution in [-0.2, 0) is 19.4 Å². The van der Waals surface area contributed by atoms with Crippen molar-refractivity contribution in [2.24, 2.45) is 5.92 Å². The summed E-state index contributed by atoms with van der Waals surface area (Å²) >= 11 is 6.21. The molecule has 3 rings (SSSR count). The van der Waals surface area contributed by atoms with Gasteiger partial charge in [0.25, 0.3) is 0 Å². The highest BCUT2D eigenvalue weighted by atomic mass is 35.5. The molecule has 164 valence electrons. The number of carbonyl (C=O) groups excluding carboxylic acids is 1. The molecule has 6 nitrogen and oxygen atoms in total. The standard InChI is InChI=1S/C22H28ClNO5S/c1-4-5-6-9-22(10-11-22)24-21(25)17-13-16(14-19(17)29-3)30(26,27)20-8-7-15(28-2)12-18(20)23/h7-8,12,16-17,19H,4-5,10-11,13-14H2,1-3H3,(H,24,25). The van der Waals surface area contributed by atoms with Crippen LogP contribution in [0.4, 0.5) is 0 Å². The Balaban J connectivity index is 1.76. The number of amides is 1. The maximum atomic E-state index is 13.2. The summed E-state index contributed by atoms with van der Waals surface area (Å²) in [6, 6.07) is 4.50. The highest BCUT2D eigenvalue weighted by Gasteiger charge is 2.49. The van der Waals surface area contributed by atoms with Crippen molar-refractivity contribution in [1.29, 1.82) is 0 Å². The number of hydrogen-bond donors (Lipinski definition) is 1. The van der Waals surface area contributed by atoms with Crippen molar-refractivity contribution < 1.29 is 22.7 Å². The Morgan fingerprint density at radius 2 is 2.03 bits per heavy atom. The van der Waals surface area contributed by atoms with E-state index in [9.17, 15) is 13.2 Å². The molecular formula is C22H28ClNO5S. The van der Waals surface area contributed by atoms with Crippen LogP contribution in [0.5, 0.6) is 5.75 Å². The third-order valence-electron chi connectivity index (χ3n) is 5.80. The van der Waals surface area contributed by atoms with Gasteiger partial charge in [-0.15, -0.1) is 5.92 Å². The Morgan fingerprint density at radius 1 is 1.30 bits per heavy atom. The van der Waals surface area contributed by atoms with E-state index in [2.05, 4.69) is 24.1 Å². The summed E-state index contributed by atoms with van der Waals surface area (Å²) in [4.78, 5) is 13.0. The zero-order valence-electron chi connectivity index (χ0n) is 17.5. The van der Waals surface area contributed by atoms with Gasteiger partial charge >= 0.3 is 0 Å². The molecule has 0 aliphatic heterocycles. The van der Waals surface area contributed by atoms with Gasteiger partial charge in [-0.1, -0.05) is 24.4 Å². The quantitative estimate of drug-likeness (QED) is 0.640. The Labute approximate surface area is 183 Å². The minimum absolute atomic E-state index is 0.0509. The summed E-state index contributed by atoms with van der Waals surface area (Å²) in [7, 11) is -0.728. The predicted octanol–water partition coefficient (Wildman–Crippen LogP) is 3.37. The van der Waals surface area contributed by atoms with Crippen LogP contribution in [0.1, 0.15) is 45.4 Å². The van der Waals surface area contributed by atoms with Gasteiger partial charge in [-0.25, -0.2) is 8.42 Å². The van der Waals surface area contributed by atoms with Crippen molar-refractivity contribution in [3.05, 3.63) is 23.2 Å². The third kappa shape index (κ3) is 4.77. The molecule has 0 saturated heterocycles. The number of methoxy groups -OCH3 is 2. The molecule has 2 fully saturated rings. The van der Waals surface area contributed by atoms with E-state index in [0.29, 0.717) is 5.75 Å². The van der Waals surface area contributed by atoms with E-state index in [1.807, 2.05) is 0 Å². The number of carbonyl (C=O) groups is 1. The molecule has 2 aliphatic carbocycles. The van der Waals surface area contributed by atoms with E-state index < -0.39 is 32.6 Å². The number of unbranched alkanes of at least 4 members (excludes halogenated alkanes) is 1. The molecule has 0 radical (unpaired) electrons. The van der Waals surface area contributed by atoms with Crippen molar-refractivity contribution in [3.8, 4) is 17.6 Å². The van der Waals surface area contributed by atoms with E-state index in [0.717, 1.165) is 25.7 Å². The van der Waals surface area contributed by atoms with Crippen molar-refractivity contribution in [1.82, 2.24) is 5.32 Å². The van der Waals surface area contributed by atoms with Gasteiger partial charge in [-0.2, -0.15) is 0 Å². The predicted molar refractivity (Wildman–Crippen MR) is 115 cm³/mol. The second kappa shape index (κ2) is 9.17. The van der Waals surface area contributed by atoms with Crippen molar-refractivity contribution >= 4 is 27.3 Å². The number of nitrogens with one attached hydrogen (secondary N) is 1. The molecule has 2 aliphatic rings. The minimum Gasteiger partial charge on any atom is -0.497 e.